The third-order valence-corrected chi connectivity index (χ3v) is 5.74. The Labute approximate surface area is 219 Å². The topological polar surface area (TPSA) is 118 Å². The van der Waals surface area contributed by atoms with E-state index in [9.17, 15) is 9.18 Å². The van der Waals surface area contributed by atoms with Gasteiger partial charge in [-0.25, -0.2) is 18.9 Å². The second-order valence-electron chi connectivity index (χ2n) is 9.76. The first-order chi connectivity index (χ1) is 18.2. The minimum absolute atomic E-state index is 0.00888. The molecule has 0 atom stereocenters. The molecule has 0 radical (unpaired) electrons. The molecule has 0 bridgehead atoms. The van der Waals surface area contributed by atoms with Crippen molar-refractivity contribution in [3.8, 4) is 17.2 Å². The van der Waals surface area contributed by atoms with Crippen molar-refractivity contribution in [3.05, 3.63) is 72.1 Å². The Hall–Kier alpha value is -4.80. The smallest absolute Gasteiger partial charge is 0.324 e. The minimum Gasteiger partial charge on any atom is -0.455 e. The van der Waals surface area contributed by atoms with Crippen LogP contribution in [0.2, 0.25) is 0 Å². The lowest BCUT2D eigenvalue weighted by molar-refractivity contribution is 0.262. The van der Waals surface area contributed by atoms with Gasteiger partial charge in [0.05, 0.1) is 29.8 Å². The average molecular weight is 515 g/mol. The number of hydrogen-bond acceptors (Lipinski definition) is 7. The van der Waals surface area contributed by atoms with Gasteiger partial charge in [-0.2, -0.15) is 5.10 Å². The number of urea groups is 1. The highest BCUT2D eigenvalue weighted by Crippen LogP contribution is 2.38. The summed E-state index contributed by atoms with van der Waals surface area (Å²) in [6.07, 6.45) is 4.97. The molecular formula is C27H27FN8O2. The number of pyridine rings is 2. The van der Waals surface area contributed by atoms with Crippen molar-refractivity contribution in [2.75, 3.05) is 22.5 Å². The first-order valence-electron chi connectivity index (χ1n) is 12.0. The maximum atomic E-state index is 14.9. The van der Waals surface area contributed by atoms with E-state index in [4.69, 9.17) is 4.74 Å². The maximum absolute atomic E-state index is 14.9. The number of benzene rings is 1. The zero-order valence-electron chi connectivity index (χ0n) is 21.4. The predicted octanol–water partition coefficient (Wildman–Crippen LogP) is 5.97. The van der Waals surface area contributed by atoms with Crippen molar-refractivity contribution in [3.63, 3.8) is 0 Å². The summed E-state index contributed by atoms with van der Waals surface area (Å²) in [4.78, 5) is 25.7. The molecule has 1 aliphatic rings. The fourth-order valence-electron chi connectivity index (χ4n) is 3.73. The van der Waals surface area contributed by atoms with Crippen molar-refractivity contribution in [2.45, 2.75) is 33.1 Å². The van der Waals surface area contributed by atoms with Crippen LogP contribution in [-0.2, 0) is 5.41 Å². The molecular weight excluding hydrogens is 487 g/mol. The van der Waals surface area contributed by atoms with E-state index in [1.165, 1.54) is 12.1 Å². The number of nitrogens with one attached hydrogen (secondary N) is 3. The van der Waals surface area contributed by atoms with Gasteiger partial charge in [0.1, 0.15) is 23.1 Å². The highest BCUT2D eigenvalue weighted by molar-refractivity contribution is 5.99. The van der Waals surface area contributed by atoms with Crippen LogP contribution in [0, 0.1) is 12.7 Å². The van der Waals surface area contributed by atoms with Gasteiger partial charge in [-0.05, 0) is 31.2 Å². The van der Waals surface area contributed by atoms with E-state index in [2.05, 4.69) is 36.0 Å². The molecule has 5 rings (SSSR count). The second-order valence-corrected chi connectivity index (χ2v) is 9.76. The number of ether oxygens (including phenoxy) is 1. The number of carbonyl (C=O) groups excluding carboxylic acids is 1. The quantitative estimate of drug-likeness (QED) is 0.302. The minimum atomic E-state index is -0.658. The summed E-state index contributed by atoms with van der Waals surface area (Å²) in [6.45, 7) is 8.54. The normalized spacial score (nSPS) is 12.4. The maximum Gasteiger partial charge on any atom is 0.324 e. The van der Waals surface area contributed by atoms with E-state index in [1.807, 2.05) is 39.8 Å². The van der Waals surface area contributed by atoms with E-state index in [1.54, 1.807) is 41.5 Å². The summed E-state index contributed by atoms with van der Waals surface area (Å²) in [5, 5.41) is 13.1. The molecule has 0 fully saturated rings. The molecule has 194 valence electrons. The van der Waals surface area contributed by atoms with Crippen molar-refractivity contribution in [1.29, 1.82) is 0 Å². The molecule has 0 aliphatic carbocycles. The molecule has 11 heteroatoms. The van der Waals surface area contributed by atoms with Gasteiger partial charge in [0, 0.05) is 41.7 Å². The Bertz CT molecular complexity index is 1520. The Morgan fingerprint density at radius 1 is 1.11 bits per heavy atom. The van der Waals surface area contributed by atoms with Crippen LogP contribution in [0.15, 0.2) is 59.9 Å². The van der Waals surface area contributed by atoms with Crippen molar-refractivity contribution in [2.24, 2.45) is 4.99 Å². The predicted molar refractivity (Wildman–Crippen MR) is 145 cm³/mol. The Morgan fingerprint density at radius 2 is 1.95 bits per heavy atom. The SMILES string of the molecule is Cc1ccc(-n2nc(C(C)(C)C)cc2NC(=O)Nc2ccc(Oc3ccnc4c3N=CCN4)cc2F)cn1. The van der Waals surface area contributed by atoms with Crippen molar-refractivity contribution < 1.29 is 13.9 Å². The molecule has 4 heterocycles. The standard InChI is InChI=1S/C27H27FN8O2/c1-16-5-6-17(15-32-16)36-23(14-22(35-36)27(2,3)4)34-26(37)33-20-8-7-18(13-19(20)28)38-21-9-10-30-25-24(21)29-11-12-31-25/h5-11,13-15H,12H2,1-4H3,(H,30,31)(H2,33,34,37). The number of fused-ring (bicyclic) bond motifs is 1. The summed E-state index contributed by atoms with van der Waals surface area (Å²) in [7, 11) is 0. The molecule has 38 heavy (non-hydrogen) atoms. The van der Waals surface area contributed by atoms with Gasteiger partial charge >= 0.3 is 6.03 Å². The molecule has 4 aromatic rings. The van der Waals surface area contributed by atoms with Crippen LogP contribution in [0.25, 0.3) is 5.69 Å². The third kappa shape index (κ3) is 5.31. The van der Waals surface area contributed by atoms with E-state index in [0.29, 0.717) is 35.3 Å². The number of aliphatic imine (C=N–C) groups is 1. The zero-order chi connectivity index (χ0) is 26.9. The van der Waals surface area contributed by atoms with Gasteiger partial charge in [-0.3, -0.25) is 15.3 Å². The largest absolute Gasteiger partial charge is 0.455 e. The van der Waals surface area contributed by atoms with Gasteiger partial charge < -0.3 is 15.4 Å². The van der Waals surface area contributed by atoms with E-state index in [-0.39, 0.29) is 16.9 Å². The van der Waals surface area contributed by atoms with Crippen LogP contribution in [0.5, 0.6) is 11.5 Å². The van der Waals surface area contributed by atoms with Crippen LogP contribution in [-0.4, -0.2) is 38.5 Å². The van der Waals surface area contributed by atoms with Crippen molar-refractivity contribution >= 4 is 35.3 Å². The van der Waals surface area contributed by atoms with Crippen LogP contribution >= 0.6 is 0 Å². The zero-order valence-corrected chi connectivity index (χ0v) is 21.4. The molecule has 1 aromatic carbocycles. The Balaban J connectivity index is 1.33. The van der Waals surface area contributed by atoms with Crippen LogP contribution in [0.3, 0.4) is 0 Å². The summed E-state index contributed by atoms with van der Waals surface area (Å²) >= 11 is 0. The number of amides is 2. The second kappa shape index (κ2) is 9.92. The monoisotopic (exact) mass is 514 g/mol. The van der Waals surface area contributed by atoms with Crippen LogP contribution in [0.4, 0.5) is 32.2 Å². The van der Waals surface area contributed by atoms with Gasteiger partial charge in [0.2, 0.25) is 0 Å². The number of carbonyl (C=O) groups is 1. The number of nitrogens with zero attached hydrogens (tertiary/aromatic N) is 5. The van der Waals surface area contributed by atoms with E-state index < -0.39 is 11.8 Å². The number of rotatable bonds is 5. The van der Waals surface area contributed by atoms with Crippen LogP contribution in [0.1, 0.15) is 32.2 Å². The summed E-state index contributed by atoms with van der Waals surface area (Å²) in [6, 6.07) is 10.7. The number of halogens is 1. The summed E-state index contributed by atoms with van der Waals surface area (Å²) < 4.78 is 22.4. The third-order valence-electron chi connectivity index (χ3n) is 5.74. The van der Waals surface area contributed by atoms with Gasteiger partial charge in [-0.1, -0.05) is 20.8 Å². The lowest BCUT2D eigenvalue weighted by atomic mass is 9.92. The molecule has 0 unspecified atom stereocenters. The van der Waals surface area contributed by atoms with Crippen LogP contribution < -0.4 is 20.7 Å². The highest BCUT2D eigenvalue weighted by atomic mass is 19.1. The number of anilines is 3. The van der Waals surface area contributed by atoms with Crippen molar-refractivity contribution in [1.82, 2.24) is 19.7 Å². The molecule has 0 saturated heterocycles. The summed E-state index contributed by atoms with van der Waals surface area (Å²) in [5.74, 6) is 1.05. The lowest BCUT2D eigenvalue weighted by Crippen LogP contribution is -2.22. The van der Waals surface area contributed by atoms with E-state index in [0.717, 1.165) is 11.4 Å². The number of aromatic nitrogens is 4. The number of hydrogen-bond donors (Lipinski definition) is 3. The Kier molecular flexibility index (Phi) is 6.50. The molecule has 2 amide bonds. The van der Waals surface area contributed by atoms with Gasteiger partial charge in [0.25, 0.3) is 0 Å². The highest BCUT2D eigenvalue weighted by Gasteiger charge is 2.22. The Morgan fingerprint density at radius 3 is 2.68 bits per heavy atom. The molecule has 10 nitrogen and oxygen atoms in total. The summed E-state index contributed by atoms with van der Waals surface area (Å²) in [5.41, 5.74) is 2.60. The fraction of sp³-hybridized carbons (Fsp3) is 0.222. The first kappa shape index (κ1) is 24.9. The number of aryl methyl sites for hydroxylation is 1. The first-order valence-corrected chi connectivity index (χ1v) is 12.0. The van der Waals surface area contributed by atoms with Gasteiger partial charge in [-0.15, -0.1) is 0 Å². The molecule has 3 N–H and O–H groups in total. The lowest BCUT2D eigenvalue weighted by Gasteiger charge is -2.15. The fourth-order valence-corrected chi connectivity index (χ4v) is 3.73. The van der Waals surface area contributed by atoms with Gasteiger partial charge in [0.15, 0.2) is 11.6 Å². The molecule has 3 aromatic heterocycles. The average Bonchev–Trinajstić information content (AvgIpc) is 3.31. The molecule has 0 spiro atoms. The molecule has 1 aliphatic heterocycles. The molecule has 0 saturated carbocycles. The van der Waals surface area contributed by atoms with E-state index >= 15 is 0 Å².